The third-order valence-electron chi connectivity index (χ3n) is 2.39. The Morgan fingerprint density at radius 2 is 1.95 bits per heavy atom. The Morgan fingerprint density at radius 1 is 1.40 bits per heavy atom. The molecule has 0 spiro atoms. The Labute approximate surface area is 126 Å². The van der Waals surface area contributed by atoms with Gasteiger partial charge < -0.3 is 0 Å². The van der Waals surface area contributed by atoms with Gasteiger partial charge in [-0.2, -0.15) is 17.9 Å². The topological polar surface area (TPSA) is 46.2 Å². The molecule has 0 heterocycles. The van der Waals surface area contributed by atoms with Crippen LogP contribution in [-0.2, 0) is 10.0 Å². The van der Waals surface area contributed by atoms with Crippen molar-refractivity contribution in [3.8, 4) is 0 Å². The van der Waals surface area contributed by atoms with Gasteiger partial charge in [0.25, 0.3) is 0 Å². The molecule has 20 heavy (non-hydrogen) atoms. The number of benzene rings is 1. The summed E-state index contributed by atoms with van der Waals surface area (Å²) < 4.78 is 76.5. The van der Waals surface area contributed by atoms with Gasteiger partial charge in [0.1, 0.15) is 10.9 Å². The van der Waals surface area contributed by atoms with E-state index >= 15 is 0 Å². The second-order valence-corrected chi connectivity index (χ2v) is 6.71. The minimum atomic E-state index is -4.77. The first-order chi connectivity index (χ1) is 9.00. The molecular weight excluding hydrogens is 390 g/mol. The smallest absolute Gasteiger partial charge is 0.207 e. The van der Waals surface area contributed by atoms with Gasteiger partial charge in [0.15, 0.2) is 5.82 Å². The highest BCUT2D eigenvalue weighted by Gasteiger charge is 2.41. The SMILES string of the molecule is CC[C@H](NS(=O)(=O)c1ccc(Br)c(Cl)c1F)C(F)(F)F. The van der Waals surface area contributed by atoms with Gasteiger partial charge in [-0.15, -0.1) is 0 Å². The van der Waals surface area contributed by atoms with E-state index in [9.17, 15) is 26.0 Å². The summed E-state index contributed by atoms with van der Waals surface area (Å²) in [6, 6.07) is -0.333. The molecule has 0 saturated heterocycles. The molecule has 1 rings (SSSR count). The number of alkyl halides is 3. The Balaban J connectivity index is 3.22. The van der Waals surface area contributed by atoms with Crippen LogP contribution in [0.2, 0.25) is 5.02 Å². The normalized spacial score (nSPS) is 14.3. The second-order valence-electron chi connectivity index (χ2n) is 3.80. The van der Waals surface area contributed by atoms with Crippen molar-refractivity contribution in [2.45, 2.75) is 30.5 Å². The zero-order valence-corrected chi connectivity index (χ0v) is 13.1. The zero-order chi connectivity index (χ0) is 15.7. The van der Waals surface area contributed by atoms with Crippen molar-refractivity contribution in [2.75, 3.05) is 0 Å². The number of sulfonamides is 1. The van der Waals surface area contributed by atoms with Gasteiger partial charge in [-0.1, -0.05) is 18.5 Å². The van der Waals surface area contributed by atoms with Gasteiger partial charge in [-0.05, 0) is 34.5 Å². The fraction of sp³-hybridized carbons (Fsp3) is 0.400. The van der Waals surface area contributed by atoms with Gasteiger partial charge in [0, 0.05) is 4.47 Å². The number of rotatable bonds is 4. The van der Waals surface area contributed by atoms with Gasteiger partial charge in [0.2, 0.25) is 10.0 Å². The van der Waals surface area contributed by atoms with Crippen LogP contribution in [0.25, 0.3) is 0 Å². The van der Waals surface area contributed by atoms with Gasteiger partial charge in [-0.25, -0.2) is 12.8 Å². The molecule has 0 saturated carbocycles. The summed E-state index contributed by atoms with van der Waals surface area (Å²) in [4.78, 5) is -0.937. The standard InChI is InChI=1S/C10H9BrClF4NO2S/c1-2-7(10(14,15)16)17-20(18,19)6-4-3-5(11)8(12)9(6)13/h3-4,7,17H,2H2,1H3/t7-/m0/s1. The first-order valence-electron chi connectivity index (χ1n) is 5.23. The maximum absolute atomic E-state index is 13.7. The molecule has 1 aromatic rings. The van der Waals surface area contributed by atoms with Gasteiger partial charge in [-0.3, -0.25) is 0 Å². The summed E-state index contributed by atoms with van der Waals surface area (Å²) in [6.45, 7) is 1.16. The molecular formula is C10H9BrClF4NO2S. The lowest BCUT2D eigenvalue weighted by Crippen LogP contribution is -2.45. The van der Waals surface area contributed by atoms with Crippen LogP contribution < -0.4 is 4.72 Å². The van der Waals surface area contributed by atoms with Gasteiger partial charge >= 0.3 is 6.18 Å². The maximum Gasteiger partial charge on any atom is 0.404 e. The van der Waals surface area contributed by atoms with Crippen LogP contribution in [0.4, 0.5) is 17.6 Å². The van der Waals surface area contributed by atoms with Crippen LogP contribution in [0.1, 0.15) is 13.3 Å². The average molecular weight is 399 g/mol. The first-order valence-corrected chi connectivity index (χ1v) is 7.88. The molecule has 0 bridgehead atoms. The van der Waals surface area contributed by atoms with Gasteiger partial charge in [0.05, 0.1) is 5.02 Å². The third-order valence-corrected chi connectivity index (χ3v) is 5.14. The number of hydrogen-bond donors (Lipinski definition) is 1. The predicted molar refractivity (Wildman–Crippen MR) is 69.6 cm³/mol. The van der Waals surface area contributed by atoms with Crippen LogP contribution in [-0.4, -0.2) is 20.6 Å². The highest BCUT2D eigenvalue weighted by atomic mass is 79.9. The van der Waals surface area contributed by atoms with Crippen molar-refractivity contribution in [3.05, 3.63) is 27.4 Å². The van der Waals surface area contributed by atoms with E-state index in [4.69, 9.17) is 11.6 Å². The van der Waals surface area contributed by atoms with Crippen molar-refractivity contribution < 1.29 is 26.0 Å². The molecule has 0 aliphatic carbocycles. The van der Waals surface area contributed by atoms with E-state index in [1.807, 2.05) is 0 Å². The first kappa shape index (κ1) is 17.7. The Morgan fingerprint density at radius 3 is 2.40 bits per heavy atom. The molecule has 1 N–H and O–H groups in total. The Kier molecular flexibility index (Phi) is 5.45. The van der Waals surface area contributed by atoms with E-state index in [0.717, 1.165) is 19.1 Å². The van der Waals surface area contributed by atoms with Crippen molar-refractivity contribution in [1.82, 2.24) is 4.72 Å². The fourth-order valence-corrected chi connectivity index (χ4v) is 3.26. The highest BCUT2D eigenvalue weighted by Crippen LogP contribution is 2.31. The lowest BCUT2D eigenvalue weighted by molar-refractivity contribution is -0.151. The molecule has 114 valence electrons. The monoisotopic (exact) mass is 397 g/mol. The number of nitrogens with one attached hydrogen (secondary N) is 1. The van der Waals surface area contributed by atoms with Crippen LogP contribution in [0.5, 0.6) is 0 Å². The second kappa shape index (κ2) is 6.17. The molecule has 3 nitrogen and oxygen atoms in total. The maximum atomic E-state index is 13.7. The van der Waals surface area contributed by atoms with Crippen molar-refractivity contribution in [3.63, 3.8) is 0 Å². The summed E-state index contributed by atoms with van der Waals surface area (Å²) in [5.74, 6) is -1.31. The largest absolute Gasteiger partial charge is 0.404 e. The minimum absolute atomic E-state index is 0.0958. The van der Waals surface area contributed by atoms with Crippen LogP contribution in [0.15, 0.2) is 21.5 Å². The van der Waals surface area contributed by atoms with E-state index in [0.29, 0.717) is 0 Å². The van der Waals surface area contributed by atoms with Crippen LogP contribution >= 0.6 is 27.5 Å². The molecule has 0 unspecified atom stereocenters. The van der Waals surface area contributed by atoms with E-state index in [2.05, 4.69) is 15.9 Å². The predicted octanol–water partition coefficient (Wildman–Crippen LogP) is 3.86. The number of hydrogen-bond acceptors (Lipinski definition) is 2. The van der Waals surface area contributed by atoms with Crippen molar-refractivity contribution >= 4 is 37.6 Å². The van der Waals surface area contributed by atoms with Crippen molar-refractivity contribution in [2.24, 2.45) is 0 Å². The van der Waals surface area contributed by atoms with E-state index in [-0.39, 0.29) is 4.47 Å². The average Bonchev–Trinajstić information content (AvgIpc) is 2.31. The Hall–Kier alpha value is -0.380. The van der Waals surface area contributed by atoms with E-state index in [1.54, 1.807) is 0 Å². The molecule has 0 aromatic heterocycles. The molecule has 10 heteroatoms. The molecule has 1 aromatic carbocycles. The minimum Gasteiger partial charge on any atom is -0.207 e. The van der Waals surface area contributed by atoms with E-state index < -0.39 is 44.4 Å². The Bertz CT molecular complexity index is 606. The highest BCUT2D eigenvalue weighted by molar-refractivity contribution is 9.10. The summed E-state index contributed by atoms with van der Waals surface area (Å²) in [5.41, 5.74) is 0. The summed E-state index contributed by atoms with van der Waals surface area (Å²) >= 11 is 8.39. The lowest BCUT2D eigenvalue weighted by atomic mass is 10.2. The molecule has 0 aliphatic heterocycles. The summed E-state index contributed by atoms with van der Waals surface area (Å²) in [7, 11) is -4.67. The molecule has 1 atom stereocenters. The van der Waals surface area contributed by atoms with E-state index in [1.165, 1.54) is 4.72 Å². The lowest BCUT2D eigenvalue weighted by Gasteiger charge is -2.20. The van der Waals surface area contributed by atoms with Crippen molar-refractivity contribution in [1.29, 1.82) is 0 Å². The molecule has 0 fully saturated rings. The fourth-order valence-electron chi connectivity index (χ4n) is 1.35. The molecule has 0 radical (unpaired) electrons. The van der Waals surface area contributed by atoms with Crippen LogP contribution in [0.3, 0.4) is 0 Å². The molecule has 0 amide bonds. The summed E-state index contributed by atoms with van der Waals surface area (Å²) in [5, 5.41) is -0.520. The third kappa shape index (κ3) is 3.84. The number of halogens is 6. The quantitative estimate of drug-likeness (QED) is 0.618. The van der Waals surface area contributed by atoms with Crippen LogP contribution in [0, 0.1) is 5.82 Å². The summed E-state index contributed by atoms with van der Waals surface area (Å²) in [6.07, 6.45) is -5.29. The zero-order valence-electron chi connectivity index (χ0n) is 9.93. The molecule has 0 aliphatic rings.